The molecule has 6 nitrogen and oxygen atoms in total. The van der Waals surface area contributed by atoms with E-state index < -0.39 is 10.0 Å². The molecule has 1 saturated heterocycles. The topological polar surface area (TPSA) is 70.6 Å². The molecule has 1 fully saturated rings. The normalized spacial score (nSPS) is 19.1. The molecule has 0 saturated carbocycles. The van der Waals surface area contributed by atoms with Gasteiger partial charge in [-0.2, -0.15) is 0 Å². The Labute approximate surface area is 151 Å². The summed E-state index contributed by atoms with van der Waals surface area (Å²) in [4.78, 5) is 19.0. The van der Waals surface area contributed by atoms with Crippen LogP contribution >= 0.6 is 0 Å². The number of sulfonamides is 1. The molecule has 0 radical (unpaired) electrons. The molecule has 1 aromatic heterocycles. The van der Waals surface area contributed by atoms with Crippen molar-refractivity contribution in [1.29, 1.82) is 0 Å². The fraction of sp³-hybridized carbons (Fsp3) is 0.667. The number of rotatable bonds is 7. The van der Waals surface area contributed by atoms with Crippen molar-refractivity contribution in [2.24, 2.45) is 5.92 Å². The third-order valence-electron chi connectivity index (χ3n) is 4.57. The van der Waals surface area contributed by atoms with Gasteiger partial charge in [-0.05, 0) is 44.7 Å². The lowest BCUT2D eigenvalue weighted by atomic mass is 9.97. The second-order valence-corrected chi connectivity index (χ2v) is 9.02. The highest BCUT2D eigenvalue weighted by Gasteiger charge is 2.34. The minimum atomic E-state index is -3.25. The average molecular weight is 368 g/mol. The van der Waals surface area contributed by atoms with Gasteiger partial charge in [-0.25, -0.2) is 12.7 Å². The zero-order valence-electron chi connectivity index (χ0n) is 15.4. The van der Waals surface area contributed by atoms with E-state index in [1.54, 1.807) is 12.4 Å². The zero-order valence-corrected chi connectivity index (χ0v) is 16.2. The van der Waals surface area contributed by atoms with Gasteiger partial charge in [0.1, 0.15) is 0 Å². The number of carbonyl (C=O) groups excluding carboxylic acids is 1. The first-order valence-electron chi connectivity index (χ1n) is 9.02. The Morgan fingerprint density at radius 1 is 1.44 bits per heavy atom. The quantitative estimate of drug-likeness (QED) is 0.741. The number of nitrogens with zero attached hydrogens (tertiary/aromatic N) is 3. The van der Waals surface area contributed by atoms with Gasteiger partial charge in [0.15, 0.2) is 0 Å². The van der Waals surface area contributed by atoms with Crippen molar-refractivity contribution in [2.75, 3.05) is 18.8 Å². The summed E-state index contributed by atoms with van der Waals surface area (Å²) >= 11 is 0. The van der Waals surface area contributed by atoms with Crippen LogP contribution in [-0.4, -0.2) is 53.4 Å². The molecule has 1 unspecified atom stereocenters. The Morgan fingerprint density at radius 3 is 2.80 bits per heavy atom. The molecule has 0 spiro atoms. The predicted octanol–water partition coefficient (Wildman–Crippen LogP) is 2.27. The molecule has 2 heterocycles. The molecule has 1 aliphatic rings. The van der Waals surface area contributed by atoms with Gasteiger partial charge in [0.05, 0.1) is 11.7 Å². The molecule has 2 rings (SSSR count). The van der Waals surface area contributed by atoms with Gasteiger partial charge in [-0.3, -0.25) is 9.78 Å². The summed E-state index contributed by atoms with van der Waals surface area (Å²) in [6.07, 6.45) is 5.55. The maximum absolute atomic E-state index is 13.1. The van der Waals surface area contributed by atoms with Crippen molar-refractivity contribution < 1.29 is 13.2 Å². The Balaban J connectivity index is 2.10. The standard InChI is InChI=1S/C18H29N3O3S/c1-4-11-25(23,24)20-10-6-8-17(14-20)18(22)21(15(2)3)13-16-7-5-9-19-12-16/h5,7,9,12,15,17H,4,6,8,10-11,13-14H2,1-3H3. The molecule has 0 N–H and O–H groups in total. The molecule has 1 aromatic rings. The van der Waals surface area contributed by atoms with Crippen molar-refractivity contribution in [1.82, 2.24) is 14.2 Å². The lowest BCUT2D eigenvalue weighted by molar-refractivity contribution is -0.139. The van der Waals surface area contributed by atoms with Crippen LogP contribution in [0.25, 0.3) is 0 Å². The van der Waals surface area contributed by atoms with E-state index in [1.165, 1.54) is 4.31 Å². The van der Waals surface area contributed by atoms with Gasteiger partial charge >= 0.3 is 0 Å². The minimum Gasteiger partial charge on any atom is -0.336 e. The molecule has 25 heavy (non-hydrogen) atoms. The minimum absolute atomic E-state index is 0.0373. The number of amides is 1. The number of carbonyl (C=O) groups is 1. The lowest BCUT2D eigenvalue weighted by Gasteiger charge is -2.36. The van der Waals surface area contributed by atoms with Crippen LogP contribution in [0.15, 0.2) is 24.5 Å². The number of piperidine rings is 1. The smallest absolute Gasteiger partial charge is 0.227 e. The predicted molar refractivity (Wildman–Crippen MR) is 98.3 cm³/mol. The van der Waals surface area contributed by atoms with Crippen molar-refractivity contribution in [2.45, 2.75) is 52.6 Å². The molecule has 0 bridgehead atoms. The number of aromatic nitrogens is 1. The van der Waals surface area contributed by atoms with E-state index in [2.05, 4.69) is 4.98 Å². The highest BCUT2D eigenvalue weighted by Crippen LogP contribution is 2.23. The maximum Gasteiger partial charge on any atom is 0.227 e. The van der Waals surface area contributed by atoms with Crippen molar-refractivity contribution in [3.8, 4) is 0 Å². The summed E-state index contributed by atoms with van der Waals surface area (Å²) in [5.41, 5.74) is 0.982. The van der Waals surface area contributed by atoms with Crippen LogP contribution in [0.5, 0.6) is 0 Å². The molecule has 1 atom stereocenters. The Morgan fingerprint density at radius 2 is 2.20 bits per heavy atom. The van der Waals surface area contributed by atoms with E-state index in [1.807, 2.05) is 37.8 Å². The third kappa shape index (κ3) is 5.25. The Bertz CT molecular complexity index is 661. The third-order valence-corrected chi connectivity index (χ3v) is 6.61. The molecule has 1 amide bonds. The monoisotopic (exact) mass is 367 g/mol. The second kappa shape index (κ2) is 8.76. The van der Waals surface area contributed by atoms with Crippen LogP contribution in [0, 0.1) is 5.92 Å². The molecule has 0 aromatic carbocycles. The summed E-state index contributed by atoms with van der Waals surface area (Å²) in [5, 5.41) is 0. The second-order valence-electron chi connectivity index (χ2n) is 6.93. The van der Waals surface area contributed by atoms with Crippen LogP contribution < -0.4 is 0 Å². The van der Waals surface area contributed by atoms with Gasteiger partial charge in [-0.1, -0.05) is 13.0 Å². The molecular weight excluding hydrogens is 338 g/mol. The summed E-state index contributed by atoms with van der Waals surface area (Å²) in [5.74, 6) is -0.0768. The highest BCUT2D eigenvalue weighted by atomic mass is 32.2. The molecule has 0 aliphatic carbocycles. The van der Waals surface area contributed by atoms with Crippen molar-refractivity contribution in [3.05, 3.63) is 30.1 Å². The van der Waals surface area contributed by atoms with Crippen molar-refractivity contribution >= 4 is 15.9 Å². The largest absolute Gasteiger partial charge is 0.336 e. The van der Waals surface area contributed by atoms with Gasteiger partial charge in [-0.15, -0.1) is 0 Å². The van der Waals surface area contributed by atoms with Gasteiger partial charge < -0.3 is 4.90 Å². The maximum atomic E-state index is 13.1. The van der Waals surface area contributed by atoms with Crippen LogP contribution in [0.2, 0.25) is 0 Å². The van der Waals surface area contributed by atoms with E-state index in [0.717, 1.165) is 18.4 Å². The van der Waals surface area contributed by atoms with E-state index in [-0.39, 0.29) is 23.6 Å². The van der Waals surface area contributed by atoms with E-state index in [0.29, 0.717) is 26.1 Å². The fourth-order valence-electron chi connectivity index (χ4n) is 3.22. The first kappa shape index (κ1) is 19.8. The van der Waals surface area contributed by atoms with Crippen LogP contribution in [0.1, 0.15) is 45.6 Å². The molecule has 7 heteroatoms. The first-order chi connectivity index (χ1) is 11.8. The fourth-order valence-corrected chi connectivity index (χ4v) is 4.81. The molecule has 140 valence electrons. The Kier molecular flexibility index (Phi) is 6.95. The zero-order chi connectivity index (χ0) is 18.4. The molecule has 1 aliphatic heterocycles. The van der Waals surface area contributed by atoms with E-state index in [9.17, 15) is 13.2 Å². The summed E-state index contributed by atoms with van der Waals surface area (Å²) < 4.78 is 26.2. The molecular formula is C18H29N3O3S. The average Bonchev–Trinajstić information content (AvgIpc) is 2.60. The summed E-state index contributed by atoms with van der Waals surface area (Å²) in [6, 6.07) is 3.86. The SMILES string of the molecule is CCCS(=O)(=O)N1CCCC(C(=O)N(Cc2cccnc2)C(C)C)C1. The van der Waals surface area contributed by atoms with Crippen LogP contribution in [0.3, 0.4) is 0 Å². The summed E-state index contributed by atoms with van der Waals surface area (Å²) in [6.45, 7) is 7.17. The van der Waals surface area contributed by atoms with Crippen LogP contribution in [-0.2, 0) is 21.4 Å². The van der Waals surface area contributed by atoms with Crippen LogP contribution in [0.4, 0.5) is 0 Å². The van der Waals surface area contributed by atoms with Crippen molar-refractivity contribution in [3.63, 3.8) is 0 Å². The highest BCUT2D eigenvalue weighted by molar-refractivity contribution is 7.89. The van der Waals surface area contributed by atoms with Gasteiger partial charge in [0.25, 0.3) is 0 Å². The van der Waals surface area contributed by atoms with E-state index >= 15 is 0 Å². The number of hydrogen-bond donors (Lipinski definition) is 0. The first-order valence-corrected chi connectivity index (χ1v) is 10.6. The van der Waals surface area contributed by atoms with Gasteiger partial charge in [0, 0.05) is 38.1 Å². The lowest BCUT2D eigenvalue weighted by Crippen LogP contribution is -2.48. The van der Waals surface area contributed by atoms with E-state index in [4.69, 9.17) is 0 Å². The van der Waals surface area contributed by atoms with Gasteiger partial charge in [0.2, 0.25) is 15.9 Å². The Hall–Kier alpha value is -1.47. The number of hydrogen-bond acceptors (Lipinski definition) is 4. The number of pyridine rings is 1. The summed E-state index contributed by atoms with van der Waals surface area (Å²) in [7, 11) is -3.25.